The van der Waals surface area contributed by atoms with E-state index in [4.69, 9.17) is 0 Å². The van der Waals surface area contributed by atoms with Crippen LogP contribution < -0.4 is 5.32 Å². The van der Waals surface area contributed by atoms with Crippen LogP contribution in [0.1, 0.15) is 59.3 Å². The first-order valence-corrected chi connectivity index (χ1v) is 7.29. The largest absolute Gasteiger partial charge is 0.313 e. The van der Waals surface area contributed by atoms with Crippen LogP contribution in [0.5, 0.6) is 0 Å². The van der Waals surface area contributed by atoms with Crippen molar-refractivity contribution in [1.29, 1.82) is 0 Å². The molecule has 0 aliphatic carbocycles. The fraction of sp³-hybridized carbons (Fsp3) is 1.00. The van der Waals surface area contributed by atoms with Gasteiger partial charge in [-0.2, -0.15) is 0 Å². The summed E-state index contributed by atoms with van der Waals surface area (Å²) in [6.45, 7) is 10.7. The van der Waals surface area contributed by atoms with E-state index in [-0.39, 0.29) is 0 Å². The molecule has 1 atom stereocenters. The number of piperidine rings is 1. The van der Waals surface area contributed by atoms with Crippen molar-refractivity contribution in [2.24, 2.45) is 0 Å². The predicted octanol–water partition coefficient (Wildman–Crippen LogP) is 3.03. The zero-order chi connectivity index (χ0) is 11.8. The number of rotatable bonds is 7. The molecule has 1 saturated heterocycles. The first kappa shape index (κ1) is 14.0. The molecule has 1 unspecified atom stereocenters. The van der Waals surface area contributed by atoms with Crippen LogP contribution in [0.4, 0.5) is 0 Å². The Labute approximate surface area is 102 Å². The molecular formula is C14H30N2. The maximum absolute atomic E-state index is 3.67. The highest BCUT2D eigenvalue weighted by atomic mass is 15.2. The molecule has 0 saturated carbocycles. The summed E-state index contributed by atoms with van der Waals surface area (Å²) in [5.74, 6) is 0. The van der Waals surface area contributed by atoms with Crippen molar-refractivity contribution in [2.75, 3.05) is 19.6 Å². The molecule has 0 spiro atoms. The number of nitrogens with one attached hydrogen (secondary N) is 1. The molecule has 2 heteroatoms. The molecule has 1 rings (SSSR count). The molecule has 1 N–H and O–H groups in total. The second-order valence-electron chi connectivity index (χ2n) is 5.11. The van der Waals surface area contributed by atoms with Crippen LogP contribution in [-0.4, -0.2) is 36.6 Å². The van der Waals surface area contributed by atoms with Crippen molar-refractivity contribution in [3.63, 3.8) is 0 Å². The average Bonchev–Trinajstić information content (AvgIpc) is 2.32. The number of hydrogen-bond donors (Lipinski definition) is 1. The third-order valence-electron chi connectivity index (χ3n) is 3.84. The first-order chi connectivity index (χ1) is 7.81. The summed E-state index contributed by atoms with van der Waals surface area (Å²) >= 11 is 0. The summed E-state index contributed by atoms with van der Waals surface area (Å²) < 4.78 is 0. The quantitative estimate of drug-likeness (QED) is 0.718. The minimum atomic E-state index is 0.751. The Balaban J connectivity index is 2.41. The van der Waals surface area contributed by atoms with Crippen LogP contribution in [0.15, 0.2) is 0 Å². The standard InChI is InChI=1S/C14H30N2/c1-4-11-16(14(5-2)6-3)12-13-9-7-8-10-15-13/h13-15H,4-12H2,1-3H3. The Morgan fingerprint density at radius 3 is 2.44 bits per heavy atom. The Bertz CT molecular complexity index is 160. The van der Waals surface area contributed by atoms with Gasteiger partial charge in [-0.25, -0.2) is 0 Å². The van der Waals surface area contributed by atoms with Gasteiger partial charge in [0.2, 0.25) is 0 Å². The molecule has 1 heterocycles. The summed E-state index contributed by atoms with van der Waals surface area (Å²) in [6, 6.07) is 1.55. The van der Waals surface area contributed by atoms with Crippen molar-refractivity contribution >= 4 is 0 Å². The van der Waals surface area contributed by atoms with Crippen molar-refractivity contribution in [3.8, 4) is 0 Å². The van der Waals surface area contributed by atoms with Crippen LogP contribution in [0.25, 0.3) is 0 Å². The van der Waals surface area contributed by atoms with Crippen molar-refractivity contribution in [3.05, 3.63) is 0 Å². The van der Waals surface area contributed by atoms with Crippen LogP contribution in [0, 0.1) is 0 Å². The zero-order valence-corrected chi connectivity index (χ0v) is 11.5. The summed E-state index contributed by atoms with van der Waals surface area (Å²) in [5.41, 5.74) is 0. The molecule has 0 amide bonds. The molecule has 1 fully saturated rings. The molecular weight excluding hydrogens is 196 g/mol. The summed E-state index contributed by atoms with van der Waals surface area (Å²) in [4.78, 5) is 2.71. The van der Waals surface area contributed by atoms with Gasteiger partial charge in [0, 0.05) is 18.6 Å². The lowest BCUT2D eigenvalue weighted by Gasteiger charge is -2.35. The highest BCUT2D eigenvalue weighted by molar-refractivity contribution is 4.79. The molecule has 1 aliphatic heterocycles. The number of hydrogen-bond acceptors (Lipinski definition) is 2. The van der Waals surface area contributed by atoms with E-state index < -0.39 is 0 Å². The van der Waals surface area contributed by atoms with Gasteiger partial charge >= 0.3 is 0 Å². The second kappa shape index (κ2) is 8.08. The molecule has 0 bridgehead atoms. The Hall–Kier alpha value is -0.0800. The number of nitrogens with zero attached hydrogens (tertiary/aromatic N) is 1. The third-order valence-corrected chi connectivity index (χ3v) is 3.84. The minimum Gasteiger partial charge on any atom is -0.313 e. The molecule has 0 aromatic rings. The van der Waals surface area contributed by atoms with Crippen LogP contribution in [0.3, 0.4) is 0 Å². The molecule has 2 nitrogen and oxygen atoms in total. The van der Waals surface area contributed by atoms with Gasteiger partial charge in [0.15, 0.2) is 0 Å². The predicted molar refractivity (Wildman–Crippen MR) is 71.9 cm³/mol. The van der Waals surface area contributed by atoms with E-state index in [0.717, 1.165) is 12.1 Å². The Kier molecular flexibility index (Phi) is 7.06. The maximum Gasteiger partial charge on any atom is 0.0195 e. The van der Waals surface area contributed by atoms with Gasteiger partial charge in [0.25, 0.3) is 0 Å². The summed E-state index contributed by atoms with van der Waals surface area (Å²) in [6.07, 6.45) is 8.03. The highest BCUT2D eigenvalue weighted by Gasteiger charge is 2.20. The first-order valence-electron chi connectivity index (χ1n) is 7.29. The zero-order valence-electron chi connectivity index (χ0n) is 11.5. The maximum atomic E-state index is 3.67. The SMILES string of the molecule is CCCN(CC1CCCCN1)C(CC)CC. The average molecular weight is 226 g/mol. The van der Waals surface area contributed by atoms with Gasteiger partial charge in [0.1, 0.15) is 0 Å². The molecule has 96 valence electrons. The molecule has 0 radical (unpaired) electrons. The Morgan fingerprint density at radius 2 is 1.94 bits per heavy atom. The van der Waals surface area contributed by atoms with Crippen molar-refractivity contribution < 1.29 is 0 Å². The normalized spacial score (nSPS) is 21.9. The summed E-state index contributed by atoms with van der Waals surface area (Å²) in [7, 11) is 0. The lowest BCUT2D eigenvalue weighted by molar-refractivity contribution is 0.157. The van der Waals surface area contributed by atoms with E-state index in [1.165, 1.54) is 58.2 Å². The van der Waals surface area contributed by atoms with Crippen LogP contribution in [-0.2, 0) is 0 Å². The van der Waals surface area contributed by atoms with Gasteiger partial charge in [-0.05, 0) is 45.2 Å². The van der Waals surface area contributed by atoms with E-state index >= 15 is 0 Å². The van der Waals surface area contributed by atoms with Crippen LogP contribution >= 0.6 is 0 Å². The van der Waals surface area contributed by atoms with Gasteiger partial charge in [-0.3, -0.25) is 4.90 Å². The monoisotopic (exact) mass is 226 g/mol. The topological polar surface area (TPSA) is 15.3 Å². The smallest absolute Gasteiger partial charge is 0.0195 e. The van der Waals surface area contributed by atoms with Gasteiger partial charge < -0.3 is 5.32 Å². The Morgan fingerprint density at radius 1 is 1.19 bits per heavy atom. The lowest BCUT2D eigenvalue weighted by atomic mass is 10.0. The second-order valence-corrected chi connectivity index (χ2v) is 5.11. The highest BCUT2D eigenvalue weighted by Crippen LogP contribution is 2.14. The van der Waals surface area contributed by atoms with E-state index in [1.807, 2.05) is 0 Å². The summed E-state index contributed by atoms with van der Waals surface area (Å²) in [5, 5.41) is 3.67. The van der Waals surface area contributed by atoms with E-state index in [2.05, 4.69) is 31.0 Å². The fourth-order valence-corrected chi connectivity index (χ4v) is 2.88. The van der Waals surface area contributed by atoms with Gasteiger partial charge in [-0.1, -0.05) is 27.2 Å². The van der Waals surface area contributed by atoms with Gasteiger partial charge in [-0.15, -0.1) is 0 Å². The fourth-order valence-electron chi connectivity index (χ4n) is 2.88. The minimum absolute atomic E-state index is 0.751. The van der Waals surface area contributed by atoms with Gasteiger partial charge in [0.05, 0.1) is 0 Å². The van der Waals surface area contributed by atoms with E-state index in [1.54, 1.807) is 0 Å². The van der Waals surface area contributed by atoms with E-state index in [0.29, 0.717) is 0 Å². The van der Waals surface area contributed by atoms with Crippen molar-refractivity contribution in [1.82, 2.24) is 10.2 Å². The van der Waals surface area contributed by atoms with Crippen molar-refractivity contribution in [2.45, 2.75) is 71.4 Å². The van der Waals surface area contributed by atoms with Crippen LogP contribution in [0.2, 0.25) is 0 Å². The lowest BCUT2D eigenvalue weighted by Crippen LogP contribution is -2.47. The molecule has 1 aliphatic rings. The molecule has 0 aromatic heterocycles. The third kappa shape index (κ3) is 4.42. The van der Waals surface area contributed by atoms with E-state index in [9.17, 15) is 0 Å². The molecule has 16 heavy (non-hydrogen) atoms. The molecule has 0 aromatic carbocycles.